The second-order valence-electron chi connectivity index (χ2n) is 8.78. The first kappa shape index (κ1) is 24.4. The summed E-state index contributed by atoms with van der Waals surface area (Å²) in [6.07, 6.45) is 4.24. The van der Waals surface area contributed by atoms with Crippen LogP contribution in [0.15, 0.2) is 48.5 Å². The van der Waals surface area contributed by atoms with Crippen LogP contribution in [0, 0.1) is 0 Å². The standard InChI is InChI=1S/C26H33N3O4S/c1-32-20-9-10-21(23(17-20)33-2)24(30)28-14-12-26(13-15-28)27-22(11-16-34-3)25(31)29(26)18-19-7-5-4-6-8-19/h4-10,17,22,27H,11-16,18H2,1-3H3. The molecule has 1 unspecified atom stereocenters. The third-order valence-corrected chi connectivity index (χ3v) is 7.48. The van der Waals surface area contributed by atoms with E-state index in [2.05, 4.69) is 23.7 Å². The van der Waals surface area contributed by atoms with Crippen LogP contribution >= 0.6 is 11.8 Å². The van der Waals surface area contributed by atoms with Crippen LogP contribution in [0.5, 0.6) is 11.5 Å². The monoisotopic (exact) mass is 483 g/mol. The highest BCUT2D eigenvalue weighted by molar-refractivity contribution is 7.98. The molecule has 0 aromatic heterocycles. The summed E-state index contributed by atoms with van der Waals surface area (Å²) in [6, 6.07) is 15.2. The lowest BCUT2D eigenvalue weighted by molar-refractivity contribution is -0.134. The molecule has 4 rings (SSSR count). The Morgan fingerprint density at radius 1 is 1.12 bits per heavy atom. The van der Waals surface area contributed by atoms with Crippen molar-refractivity contribution in [3.63, 3.8) is 0 Å². The van der Waals surface area contributed by atoms with Crippen LogP contribution in [0.4, 0.5) is 0 Å². The SMILES string of the molecule is COc1ccc(C(=O)N2CCC3(CC2)NC(CCSC)C(=O)N3Cc2ccccc2)c(OC)c1. The van der Waals surface area contributed by atoms with Gasteiger partial charge in [-0.25, -0.2) is 0 Å². The highest BCUT2D eigenvalue weighted by Crippen LogP contribution is 2.36. The third-order valence-electron chi connectivity index (χ3n) is 6.83. The molecule has 1 spiro atoms. The van der Waals surface area contributed by atoms with Crippen LogP contribution < -0.4 is 14.8 Å². The van der Waals surface area contributed by atoms with Gasteiger partial charge in [0.05, 0.1) is 31.5 Å². The molecule has 2 aliphatic rings. The van der Waals surface area contributed by atoms with Crippen molar-refractivity contribution < 1.29 is 19.1 Å². The molecule has 0 bridgehead atoms. The minimum Gasteiger partial charge on any atom is -0.497 e. The Kier molecular flexibility index (Phi) is 7.68. The fourth-order valence-corrected chi connectivity index (χ4v) is 5.40. The van der Waals surface area contributed by atoms with E-state index in [4.69, 9.17) is 9.47 Å². The Balaban J connectivity index is 1.52. The summed E-state index contributed by atoms with van der Waals surface area (Å²) in [7, 11) is 3.14. The number of amides is 2. The fraction of sp³-hybridized carbons (Fsp3) is 0.462. The van der Waals surface area contributed by atoms with Gasteiger partial charge in [-0.2, -0.15) is 11.8 Å². The number of hydrogen-bond donors (Lipinski definition) is 1. The topological polar surface area (TPSA) is 71.1 Å². The van der Waals surface area contributed by atoms with E-state index in [1.165, 1.54) is 0 Å². The number of nitrogens with zero attached hydrogens (tertiary/aromatic N) is 2. The minimum atomic E-state index is -0.434. The van der Waals surface area contributed by atoms with Gasteiger partial charge in [-0.1, -0.05) is 30.3 Å². The van der Waals surface area contributed by atoms with Crippen LogP contribution in [0.2, 0.25) is 0 Å². The van der Waals surface area contributed by atoms with Crippen LogP contribution in [-0.2, 0) is 11.3 Å². The van der Waals surface area contributed by atoms with Gasteiger partial charge in [0.2, 0.25) is 5.91 Å². The molecule has 2 aromatic carbocycles. The molecule has 2 amide bonds. The van der Waals surface area contributed by atoms with Crippen molar-refractivity contribution in [1.82, 2.24) is 15.1 Å². The normalized spacial score (nSPS) is 19.5. The number of rotatable bonds is 8. The van der Waals surface area contributed by atoms with Gasteiger partial charge >= 0.3 is 0 Å². The average Bonchev–Trinajstić information content (AvgIpc) is 3.13. The molecule has 1 atom stereocenters. The Morgan fingerprint density at radius 3 is 2.50 bits per heavy atom. The number of methoxy groups -OCH3 is 2. The number of hydrogen-bond acceptors (Lipinski definition) is 6. The quantitative estimate of drug-likeness (QED) is 0.621. The first-order valence-electron chi connectivity index (χ1n) is 11.6. The van der Waals surface area contributed by atoms with Crippen molar-refractivity contribution in [2.24, 2.45) is 0 Å². The van der Waals surface area contributed by atoms with E-state index in [-0.39, 0.29) is 17.9 Å². The second-order valence-corrected chi connectivity index (χ2v) is 9.76. The molecule has 2 heterocycles. The van der Waals surface area contributed by atoms with Crippen molar-refractivity contribution in [3.05, 3.63) is 59.7 Å². The van der Waals surface area contributed by atoms with Crippen LogP contribution in [0.1, 0.15) is 35.2 Å². The molecular weight excluding hydrogens is 450 g/mol. The molecule has 34 heavy (non-hydrogen) atoms. The zero-order valence-electron chi connectivity index (χ0n) is 20.1. The fourth-order valence-electron chi connectivity index (χ4n) is 4.93. The molecule has 0 aliphatic carbocycles. The van der Waals surface area contributed by atoms with E-state index in [1.807, 2.05) is 28.0 Å². The molecule has 7 nitrogen and oxygen atoms in total. The first-order valence-corrected chi connectivity index (χ1v) is 13.0. The molecule has 2 aliphatic heterocycles. The summed E-state index contributed by atoms with van der Waals surface area (Å²) in [5, 5.41) is 3.68. The predicted molar refractivity (Wildman–Crippen MR) is 134 cm³/mol. The molecule has 182 valence electrons. The molecule has 0 saturated carbocycles. The van der Waals surface area contributed by atoms with Gasteiger partial charge in [0.15, 0.2) is 0 Å². The number of thioether (sulfide) groups is 1. The van der Waals surface area contributed by atoms with E-state index in [1.54, 1.807) is 44.2 Å². The van der Waals surface area contributed by atoms with Gasteiger partial charge < -0.3 is 19.3 Å². The van der Waals surface area contributed by atoms with E-state index in [0.717, 1.165) is 17.7 Å². The maximum absolute atomic E-state index is 13.4. The van der Waals surface area contributed by atoms with Crippen molar-refractivity contribution in [1.29, 1.82) is 0 Å². The van der Waals surface area contributed by atoms with Gasteiger partial charge in [-0.3, -0.25) is 14.9 Å². The molecule has 2 aromatic rings. The van der Waals surface area contributed by atoms with Gasteiger partial charge in [0, 0.05) is 38.5 Å². The van der Waals surface area contributed by atoms with E-state index >= 15 is 0 Å². The van der Waals surface area contributed by atoms with Gasteiger partial charge in [-0.05, 0) is 36.1 Å². The average molecular weight is 484 g/mol. The summed E-state index contributed by atoms with van der Waals surface area (Å²) in [4.78, 5) is 30.6. The zero-order chi connectivity index (χ0) is 24.1. The number of benzene rings is 2. The smallest absolute Gasteiger partial charge is 0.257 e. The molecule has 8 heteroatoms. The minimum absolute atomic E-state index is 0.0628. The van der Waals surface area contributed by atoms with Crippen LogP contribution in [0.25, 0.3) is 0 Å². The number of carbonyl (C=O) groups is 2. The summed E-state index contributed by atoms with van der Waals surface area (Å²) >= 11 is 1.75. The highest BCUT2D eigenvalue weighted by Gasteiger charge is 2.51. The second kappa shape index (κ2) is 10.7. The number of piperidine rings is 1. The number of likely N-dealkylation sites (tertiary alicyclic amines) is 1. The van der Waals surface area contributed by atoms with E-state index in [0.29, 0.717) is 49.5 Å². The lowest BCUT2D eigenvalue weighted by atomic mass is 9.94. The van der Waals surface area contributed by atoms with Gasteiger partial charge in [0.1, 0.15) is 11.5 Å². The summed E-state index contributed by atoms with van der Waals surface area (Å²) in [5.74, 6) is 2.18. The molecule has 0 radical (unpaired) electrons. The maximum atomic E-state index is 13.4. The number of nitrogens with one attached hydrogen (secondary N) is 1. The predicted octanol–water partition coefficient (Wildman–Crippen LogP) is 3.39. The first-order chi connectivity index (χ1) is 16.5. The van der Waals surface area contributed by atoms with E-state index in [9.17, 15) is 9.59 Å². The van der Waals surface area contributed by atoms with Gasteiger partial charge in [-0.15, -0.1) is 0 Å². The Labute approximate surface area is 205 Å². The summed E-state index contributed by atoms with van der Waals surface area (Å²) in [6.45, 7) is 1.70. The van der Waals surface area contributed by atoms with Crippen molar-refractivity contribution in [3.8, 4) is 11.5 Å². The van der Waals surface area contributed by atoms with Gasteiger partial charge in [0.25, 0.3) is 5.91 Å². The lowest BCUT2D eigenvalue weighted by Crippen LogP contribution is -2.59. The summed E-state index contributed by atoms with van der Waals surface area (Å²) in [5.41, 5.74) is 1.20. The zero-order valence-corrected chi connectivity index (χ0v) is 20.9. The molecular formula is C26H33N3O4S. The number of ether oxygens (including phenoxy) is 2. The van der Waals surface area contributed by atoms with Crippen LogP contribution in [-0.4, -0.2) is 72.6 Å². The molecule has 2 saturated heterocycles. The van der Waals surface area contributed by atoms with Crippen molar-refractivity contribution >= 4 is 23.6 Å². The Morgan fingerprint density at radius 2 is 1.85 bits per heavy atom. The molecule has 1 N–H and O–H groups in total. The van der Waals surface area contributed by atoms with E-state index < -0.39 is 5.66 Å². The third kappa shape index (κ3) is 4.88. The molecule has 2 fully saturated rings. The van der Waals surface area contributed by atoms with Crippen LogP contribution in [0.3, 0.4) is 0 Å². The maximum Gasteiger partial charge on any atom is 0.257 e. The Bertz CT molecular complexity index is 1010. The van der Waals surface area contributed by atoms with Crippen molar-refractivity contribution in [2.75, 3.05) is 39.3 Å². The lowest BCUT2D eigenvalue weighted by Gasteiger charge is -2.44. The largest absolute Gasteiger partial charge is 0.497 e. The summed E-state index contributed by atoms with van der Waals surface area (Å²) < 4.78 is 10.7. The highest BCUT2D eigenvalue weighted by atomic mass is 32.2. The number of carbonyl (C=O) groups excluding carboxylic acids is 2. The Hall–Kier alpha value is -2.71. The van der Waals surface area contributed by atoms with Crippen molar-refractivity contribution in [2.45, 2.75) is 37.5 Å².